The molecule has 114 valence electrons. The Morgan fingerprint density at radius 3 is 2.67 bits per heavy atom. The predicted molar refractivity (Wildman–Crippen MR) is 85.8 cm³/mol. The van der Waals surface area contributed by atoms with Gasteiger partial charge in [0, 0.05) is 25.2 Å². The molecule has 0 saturated heterocycles. The Morgan fingerprint density at radius 2 is 1.90 bits per heavy atom. The van der Waals surface area contributed by atoms with Crippen LogP contribution in [-0.4, -0.2) is 17.4 Å². The number of fused-ring (bicyclic) bond motifs is 1. The number of carbonyl (C=O) groups excluding carboxylic acids is 1. The molecule has 1 fully saturated rings. The maximum absolute atomic E-state index is 12.6. The van der Waals surface area contributed by atoms with Crippen molar-refractivity contribution in [1.29, 1.82) is 0 Å². The first-order valence-corrected chi connectivity index (χ1v) is 8.37. The quantitative estimate of drug-likeness (QED) is 0.668. The Kier molecular flexibility index (Phi) is 4.47. The van der Waals surface area contributed by atoms with Gasteiger partial charge in [0.25, 0.3) is 0 Å². The summed E-state index contributed by atoms with van der Waals surface area (Å²) in [6.45, 7) is 1.61. The van der Waals surface area contributed by atoms with E-state index in [1.165, 1.54) is 49.7 Å². The van der Waals surface area contributed by atoms with Gasteiger partial charge in [0.2, 0.25) is 5.91 Å². The van der Waals surface area contributed by atoms with Gasteiger partial charge in [-0.25, -0.2) is 0 Å². The molecule has 0 bridgehead atoms. The lowest BCUT2D eigenvalue weighted by molar-refractivity contribution is -0.133. The zero-order valence-electron chi connectivity index (χ0n) is 12.8. The molecule has 2 N–H and O–H groups in total. The Morgan fingerprint density at radius 1 is 1.14 bits per heavy atom. The van der Waals surface area contributed by atoms with E-state index in [0.717, 1.165) is 31.6 Å². The van der Waals surface area contributed by atoms with E-state index >= 15 is 0 Å². The third-order valence-electron chi connectivity index (χ3n) is 5.03. The number of nitrogens with two attached hydrogens (primary N) is 1. The first-order chi connectivity index (χ1) is 10.2. The van der Waals surface area contributed by atoms with Crippen molar-refractivity contribution in [3.63, 3.8) is 0 Å². The van der Waals surface area contributed by atoms with Gasteiger partial charge in [0.1, 0.15) is 0 Å². The van der Waals surface area contributed by atoms with Gasteiger partial charge in [-0.15, -0.1) is 0 Å². The number of benzene rings is 1. The van der Waals surface area contributed by atoms with E-state index < -0.39 is 0 Å². The van der Waals surface area contributed by atoms with Gasteiger partial charge in [-0.05, 0) is 48.4 Å². The van der Waals surface area contributed by atoms with Crippen LogP contribution in [0.4, 0.5) is 5.69 Å². The molecule has 0 radical (unpaired) electrons. The number of rotatable bonds is 2. The molecule has 0 atom stereocenters. The Labute approximate surface area is 127 Å². The van der Waals surface area contributed by atoms with E-state index in [9.17, 15) is 4.79 Å². The Hall–Kier alpha value is -1.51. The molecule has 0 aromatic heterocycles. The second-order valence-electron chi connectivity index (χ2n) is 6.66. The van der Waals surface area contributed by atoms with E-state index in [0.29, 0.717) is 11.8 Å². The zero-order chi connectivity index (χ0) is 14.7. The molecule has 0 unspecified atom stereocenters. The molecule has 2 aliphatic rings. The van der Waals surface area contributed by atoms with E-state index in [-0.39, 0.29) is 0 Å². The van der Waals surface area contributed by atoms with Crippen molar-refractivity contribution in [3.05, 3.63) is 29.3 Å². The highest BCUT2D eigenvalue weighted by Crippen LogP contribution is 2.27. The number of hydrogen-bond acceptors (Lipinski definition) is 2. The number of nitrogen functional groups attached to an aromatic ring is 1. The molecule has 1 saturated carbocycles. The lowest BCUT2D eigenvalue weighted by Crippen LogP contribution is -2.36. The van der Waals surface area contributed by atoms with Crippen molar-refractivity contribution < 1.29 is 4.79 Å². The number of nitrogens with zero attached hydrogens (tertiary/aromatic N) is 1. The average Bonchev–Trinajstić information content (AvgIpc) is 2.75. The van der Waals surface area contributed by atoms with Crippen molar-refractivity contribution in [3.8, 4) is 0 Å². The lowest BCUT2D eigenvalue weighted by Gasteiger charge is -2.30. The normalized spacial score (nSPS) is 19.9. The van der Waals surface area contributed by atoms with Crippen LogP contribution in [0.15, 0.2) is 18.2 Å². The van der Waals surface area contributed by atoms with Crippen LogP contribution in [0.2, 0.25) is 0 Å². The molecule has 21 heavy (non-hydrogen) atoms. The second-order valence-corrected chi connectivity index (χ2v) is 6.66. The summed E-state index contributed by atoms with van der Waals surface area (Å²) in [5.41, 5.74) is 9.25. The fraction of sp³-hybridized carbons (Fsp3) is 0.611. The molecule has 3 heteroatoms. The van der Waals surface area contributed by atoms with Gasteiger partial charge in [-0.2, -0.15) is 0 Å². The van der Waals surface area contributed by atoms with Gasteiger partial charge in [0.05, 0.1) is 0 Å². The van der Waals surface area contributed by atoms with Gasteiger partial charge in [-0.1, -0.05) is 31.7 Å². The highest BCUT2D eigenvalue weighted by Gasteiger charge is 2.23. The molecule has 3 rings (SSSR count). The number of carbonyl (C=O) groups is 1. The first kappa shape index (κ1) is 14.4. The first-order valence-electron chi connectivity index (χ1n) is 8.37. The fourth-order valence-electron chi connectivity index (χ4n) is 3.73. The summed E-state index contributed by atoms with van der Waals surface area (Å²) in [4.78, 5) is 14.6. The summed E-state index contributed by atoms with van der Waals surface area (Å²) in [7, 11) is 0. The fourth-order valence-corrected chi connectivity index (χ4v) is 3.73. The number of hydrogen-bond donors (Lipinski definition) is 1. The van der Waals surface area contributed by atoms with E-state index in [4.69, 9.17) is 5.73 Å². The summed E-state index contributed by atoms with van der Waals surface area (Å²) < 4.78 is 0. The summed E-state index contributed by atoms with van der Waals surface area (Å²) in [6, 6.07) is 6.10. The second kappa shape index (κ2) is 6.50. The van der Waals surface area contributed by atoms with Crippen LogP contribution < -0.4 is 5.73 Å². The lowest BCUT2D eigenvalue weighted by atomic mass is 9.94. The van der Waals surface area contributed by atoms with Gasteiger partial charge in [-0.3, -0.25) is 4.79 Å². The van der Waals surface area contributed by atoms with E-state index in [1.54, 1.807) is 0 Å². The summed E-state index contributed by atoms with van der Waals surface area (Å²) in [5.74, 6) is 0.956. The van der Waals surface area contributed by atoms with Gasteiger partial charge < -0.3 is 10.6 Å². The zero-order valence-corrected chi connectivity index (χ0v) is 12.8. The topological polar surface area (TPSA) is 46.3 Å². The smallest absolute Gasteiger partial charge is 0.223 e. The Bertz CT molecular complexity index is 504. The van der Waals surface area contributed by atoms with Crippen LogP contribution in [0.5, 0.6) is 0 Å². The number of anilines is 1. The van der Waals surface area contributed by atoms with Crippen LogP contribution in [-0.2, 0) is 17.8 Å². The molecule has 3 nitrogen and oxygen atoms in total. The Balaban J connectivity index is 1.61. The van der Waals surface area contributed by atoms with Crippen molar-refractivity contribution in [2.75, 3.05) is 12.3 Å². The molecule has 1 amide bonds. The third-order valence-corrected chi connectivity index (χ3v) is 5.03. The predicted octanol–water partition coefficient (Wildman–Crippen LogP) is 3.51. The molecular weight excluding hydrogens is 260 g/mol. The van der Waals surface area contributed by atoms with Crippen molar-refractivity contribution in [1.82, 2.24) is 4.90 Å². The highest BCUT2D eigenvalue weighted by atomic mass is 16.2. The van der Waals surface area contributed by atoms with Crippen LogP contribution in [0.25, 0.3) is 0 Å². The van der Waals surface area contributed by atoms with Crippen LogP contribution >= 0.6 is 0 Å². The minimum atomic E-state index is 0.343. The van der Waals surface area contributed by atoms with Gasteiger partial charge >= 0.3 is 0 Å². The standard InChI is InChI=1S/C18H26N2O/c19-17-8-7-15-9-10-20(13-16(15)12-17)18(21)11-14-5-3-1-2-4-6-14/h7-8,12,14H,1-6,9-11,13,19H2. The maximum atomic E-state index is 12.6. The largest absolute Gasteiger partial charge is 0.399 e. The molecule has 1 aromatic carbocycles. The summed E-state index contributed by atoms with van der Waals surface area (Å²) in [5, 5.41) is 0. The maximum Gasteiger partial charge on any atom is 0.223 e. The summed E-state index contributed by atoms with van der Waals surface area (Å²) in [6.07, 6.45) is 9.49. The SMILES string of the molecule is Nc1ccc2c(c1)CN(C(=O)CC1CCCCCC1)CC2. The van der Waals surface area contributed by atoms with Crippen LogP contribution in [0.1, 0.15) is 56.1 Å². The van der Waals surface area contributed by atoms with Crippen LogP contribution in [0.3, 0.4) is 0 Å². The molecule has 1 aromatic rings. The average molecular weight is 286 g/mol. The van der Waals surface area contributed by atoms with Crippen molar-refractivity contribution in [2.45, 2.75) is 57.9 Å². The van der Waals surface area contributed by atoms with Crippen LogP contribution in [0, 0.1) is 5.92 Å². The van der Waals surface area contributed by atoms with Crippen molar-refractivity contribution >= 4 is 11.6 Å². The molecule has 0 spiro atoms. The molecule has 1 aliphatic carbocycles. The molecule has 1 heterocycles. The molecule has 1 aliphatic heterocycles. The minimum absolute atomic E-state index is 0.343. The monoisotopic (exact) mass is 286 g/mol. The number of amides is 1. The van der Waals surface area contributed by atoms with Gasteiger partial charge in [0.15, 0.2) is 0 Å². The molecular formula is C18H26N2O. The third kappa shape index (κ3) is 3.58. The van der Waals surface area contributed by atoms with E-state index in [2.05, 4.69) is 6.07 Å². The minimum Gasteiger partial charge on any atom is -0.399 e. The van der Waals surface area contributed by atoms with Crippen molar-refractivity contribution in [2.24, 2.45) is 5.92 Å². The highest BCUT2D eigenvalue weighted by molar-refractivity contribution is 5.77. The summed E-state index contributed by atoms with van der Waals surface area (Å²) >= 11 is 0. The van der Waals surface area contributed by atoms with E-state index in [1.807, 2.05) is 17.0 Å².